The molecule has 0 fully saturated rings. The number of hydrogen-bond donors (Lipinski definition) is 4. The van der Waals surface area contributed by atoms with Crippen LogP contribution in [0.4, 0.5) is 0 Å². The Bertz CT molecular complexity index is 69.1. The van der Waals surface area contributed by atoms with Crippen LogP contribution in [0.3, 0.4) is 0 Å². The summed E-state index contributed by atoms with van der Waals surface area (Å²) >= 11 is 0. The van der Waals surface area contributed by atoms with Crippen LogP contribution in [0.1, 0.15) is 0 Å². The Kier molecular flexibility index (Phi) is 18.0. The third kappa shape index (κ3) is 418. The SMILES string of the molecule is O=[PH](O)O.O=[PH](O)O.[Rf]. The Morgan fingerprint density at radius 1 is 0.778 bits per heavy atom. The van der Waals surface area contributed by atoms with Gasteiger partial charge in [0.05, 0.1) is 0 Å². The molecule has 6 nitrogen and oxygen atoms in total. The molecule has 0 aliphatic rings. The molecule has 9 heteroatoms. The predicted molar refractivity (Wildman–Crippen MR) is 26.9 cm³/mol. The van der Waals surface area contributed by atoms with Crippen molar-refractivity contribution < 1.29 is 28.7 Å². The van der Waals surface area contributed by atoms with Crippen molar-refractivity contribution in [1.29, 1.82) is 0 Å². The summed E-state index contributed by atoms with van der Waals surface area (Å²) in [5.41, 5.74) is 0. The van der Waals surface area contributed by atoms with E-state index in [0.29, 0.717) is 0 Å². The summed E-state index contributed by atoms with van der Waals surface area (Å²) in [4.78, 5) is 28.6. The first-order valence-corrected chi connectivity index (χ1v) is 3.91. The van der Waals surface area contributed by atoms with Crippen LogP contribution in [0.5, 0.6) is 0 Å². The van der Waals surface area contributed by atoms with Gasteiger partial charge < -0.3 is 19.6 Å². The number of rotatable bonds is 0. The van der Waals surface area contributed by atoms with Gasteiger partial charge in [-0.15, -0.1) is 0 Å². The summed E-state index contributed by atoms with van der Waals surface area (Å²) < 4.78 is 17.5. The van der Waals surface area contributed by atoms with Crippen LogP contribution < -0.4 is 0 Å². The molecule has 0 aliphatic heterocycles. The third-order valence-electron chi connectivity index (χ3n) is 0. The van der Waals surface area contributed by atoms with Gasteiger partial charge in [-0.2, -0.15) is 0 Å². The van der Waals surface area contributed by atoms with Gasteiger partial charge in [0.25, 0.3) is 0 Å². The second-order valence-corrected chi connectivity index (χ2v) is 1.70. The van der Waals surface area contributed by atoms with Crippen molar-refractivity contribution in [3.8, 4) is 0 Å². The minimum Gasteiger partial charge on any atom is -0.326 e. The third-order valence-corrected chi connectivity index (χ3v) is 0. The van der Waals surface area contributed by atoms with Crippen molar-refractivity contribution in [3.63, 3.8) is 0 Å². The maximum atomic E-state index is 8.74. The van der Waals surface area contributed by atoms with Gasteiger partial charge >= 0.3 is 16.5 Å². The van der Waals surface area contributed by atoms with Gasteiger partial charge in [-0.1, -0.05) is 0 Å². The smallest absolute Gasteiger partial charge is 0.314 e. The maximum absolute atomic E-state index is 8.74. The van der Waals surface area contributed by atoms with Gasteiger partial charge in [-0.3, -0.25) is 9.13 Å². The molecule has 0 rings (SSSR count). The summed E-state index contributed by atoms with van der Waals surface area (Å²) in [6, 6.07) is 0. The van der Waals surface area contributed by atoms with Gasteiger partial charge in [0.1, 0.15) is 0 Å². The van der Waals surface area contributed by atoms with Crippen molar-refractivity contribution in [2.75, 3.05) is 0 Å². The zero-order valence-corrected chi connectivity index (χ0v) is 12.7. The molecule has 0 saturated carbocycles. The van der Waals surface area contributed by atoms with Gasteiger partial charge in [-0.05, 0) is 0 Å². The Labute approximate surface area is 46.3 Å². The van der Waals surface area contributed by atoms with Crippen LogP contribution in [0.2, 0.25) is 0 Å². The molecule has 4 N–H and O–H groups in total. The van der Waals surface area contributed by atoms with Gasteiger partial charge in [0, 0.05) is 0 Å². The summed E-state index contributed by atoms with van der Waals surface area (Å²) in [6.45, 7) is 0. The first-order chi connectivity index (χ1) is 3.46. The van der Waals surface area contributed by atoms with Crippen molar-refractivity contribution in [1.82, 2.24) is 0 Å². The summed E-state index contributed by atoms with van der Waals surface area (Å²) in [5.74, 6) is 0. The standard InChI is InChI=1S/2H3O3P.Rf/c2*1-4(2)3;/h2*4H,(H2,1,2,3);. The molecule has 0 amide bonds. The molecule has 54 valence electrons. The van der Waals surface area contributed by atoms with E-state index in [1.54, 1.807) is 0 Å². The molecule has 0 radical (unpaired) electrons. The topological polar surface area (TPSA) is 115 Å². The molecule has 0 unspecified atom stereocenters. The maximum Gasteiger partial charge on any atom is 0.314 e. The molecule has 9 heavy (non-hydrogen) atoms. The van der Waals surface area contributed by atoms with E-state index in [1.807, 2.05) is 0 Å². The quantitative estimate of drug-likeness (QED) is 0.356. The van der Waals surface area contributed by atoms with E-state index in [4.69, 9.17) is 28.7 Å². The Balaban J connectivity index is -0.0000000720. The largest absolute Gasteiger partial charge is 0.326 e. The first kappa shape index (κ1) is 15.7. The second-order valence-electron chi connectivity index (χ2n) is 0.565. The van der Waals surface area contributed by atoms with E-state index in [9.17, 15) is 0 Å². The van der Waals surface area contributed by atoms with E-state index >= 15 is 0 Å². The van der Waals surface area contributed by atoms with E-state index in [1.165, 1.54) is 0 Å². The summed E-state index contributed by atoms with van der Waals surface area (Å²) in [7, 11) is -6.26. The molecule has 0 aromatic carbocycles. The van der Waals surface area contributed by atoms with Crippen LogP contribution in [0.15, 0.2) is 0 Å². The normalized spacial score (nSPS) is 7.78. The van der Waals surface area contributed by atoms with Gasteiger partial charge in [0.2, 0.25) is 0 Å². The molecule has 0 atom stereocenters. The molecule has 0 bridgehead atoms. The van der Waals surface area contributed by atoms with E-state index in [2.05, 4.69) is 0 Å². The zero-order valence-electron chi connectivity index (χ0n) is 4.31. The van der Waals surface area contributed by atoms with Crippen molar-refractivity contribution >= 4 is 16.5 Å². The van der Waals surface area contributed by atoms with Crippen LogP contribution in [-0.2, 0) is 9.13 Å². The van der Waals surface area contributed by atoms with Gasteiger partial charge in [0.15, 0.2) is 0 Å². The van der Waals surface area contributed by atoms with Crippen LogP contribution in [-0.4, -0.2) is 19.6 Å². The molecular weight excluding hydrogens is 425 g/mol. The fourth-order valence-electron chi connectivity index (χ4n) is 0. The fraction of sp³-hybridized carbons (Fsp3) is 0. The summed E-state index contributed by atoms with van der Waals surface area (Å²) in [6.07, 6.45) is 0. The predicted octanol–water partition coefficient (Wildman–Crippen LogP) is -1.28. The summed E-state index contributed by atoms with van der Waals surface area (Å²) in [5, 5.41) is 0. The minimum atomic E-state index is -3.13. The Morgan fingerprint density at radius 2 is 0.778 bits per heavy atom. The van der Waals surface area contributed by atoms with Gasteiger partial charge in [-0.25, -0.2) is 0 Å². The second kappa shape index (κ2) is 10.3. The van der Waals surface area contributed by atoms with Crippen molar-refractivity contribution in [2.24, 2.45) is 0 Å². The molecule has 0 saturated heterocycles. The zero-order chi connectivity index (χ0) is 7.15. The van der Waals surface area contributed by atoms with Crippen molar-refractivity contribution in [2.45, 2.75) is 0 Å². The van der Waals surface area contributed by atoms with Crippen molar-refractivity contribution in [3.05, 3.63) is 0 Å². The molecule has 0 aromatic rings. The average Bonchev–Trinajstić information content (AvgIpc) is 1.25. The van der Waals surface area contributed by atoms with Crippen LogP contribution >= 0.6 is 16.5 Å². The molecule has 0 aliphatic carbocycles. The van der Waals surface area contributed by atoms with Crippen LogP contribution in [0.25, 0.3) is 0 Å². The molecule has 0 aromatic heterocycles. The number of hydrogen-bond acceptors (Lipinski definition) is 2. The molecule has 0 heterocycles. The Hall–Kier alpha value is -0.700. The molecule has 0 spiro atoms. The Morgan fingerprint density at radius 3 is 0.778 bits per heavy atom. The van der Waals surface area contributed by atoms with E-state index in [0.717, 1.165) is 0 Å². The minimum absolute atomic E-state index is 0. The van der Waals surface area contributed by atoms with E-state index < -0.39 is 16.5 Å². The molecular formula is H6O6P2Rf. The average molecular weight is 431 g/mol. The van der Waals surface area contributed by atoms with Crippen LogP contribution in [0, 0.1) is 0 Å². The first-order valence-electron chi connectivity index (χ1n) is 1.30. The van der Waals surface area contributed by atoms with E-state index in [-0.39, 0.29) is 0 Å². The fourth-order valence-corrected chi connectivity index (χ4v) is 0. The monoisotopic (exact) mass is 431 g/mol.